The summed E-state index contributed by atoms with van der Waals surface area (Å²) in [7, 11) is 0. The second-order valence-corrected chi connectivity index (χ2v) is 6.18. The molecule has 2 N–H and O–H groups in total. The molecule has 0 spiro atoms. The number of hydrogen-bond donors (Lipinski definition) is 1. The van der Waals surface area contributed by atoms with Crippen LogP contribution in [-0.4, -0.2) is 11.5 Å². The summed E-state index contributed by atoms with van der Waals surface area (Å²) in [6.45, 7) is 7.11. The molecule has 0 radical (unpaired) electrons. The molecule has 2 aromatic rings. The fraction of sp³-hybridized carbons (Fsp3) is 0.400. The molecule has 18 heavy (non-hydrogen) atoms. The van der Waals surface area contributed by atoms with Gasteiger partial charge in [0.15, 0.2) is 0 Å². The third kappa shape index (κ3) is 2.47. The first-order valence-corrected chi connectivity index (χ1v) is 7.16. The van der Waals surface area contributed by atoms with Crippen LogP contribution >= 0.6 is 11.3 Å². The summed E-state index contributed by atoms with van der Waals surface area (Å²) in [5.74, 6) is 0. The molecule has 0 amide bonds. The van der Waals surface area contributed by atoms with Crippen molar-refractivity contribution in [2.45, 2.75) is 32.6 Å². The molecular formula is C15H20N2S. The molecule has 1 aromatic carbocycles. The predicted octanol–water partition coefficient (Wildman–Crippen LogP) is 3.61. The van der Waals surface area contributed by atoms with E-state index in [9.17, 15) is 0 Å². The highest BCUT2D eigenvalue weighted by Crippen LogP contribution is 2.34. The van der Waals surface area contributed by atoms with E-state index in [1.165, 1.54) is 10.4 Å². The second kappa shape index (κ2) is 5.21. The van der Waals surface area contributed by atoms with E-state index in [1.54, 1.807) is 11.3 Å². The summed E-state index contributed by atoms with van der Waals surface area (Å²) in [6.07, 6.45) is 1.02. The van der Waals surface area contributed by atoms with Gasteiger partial charge in [-0.05, 0) is 6.42 Å². The molecule has 0 saturated carbocycles. The summed E-state index contributed by atoms with van der Waals surface area (Å²) < 4.78 is 0. The lowest BCUT2D eigenvalue weighted by Crippen LogP contribution is -2.27. The van der Waals surface area contributed by atoms with Crippen LogP contribution in [0.4, 0.5) is 0 Å². The van der Waals surface area contributed by atoms with Gasteiger partial charge in [0.05, 0.1) is 5.69 Å². The van der Waals surface area contributed by atoms with Gasteiger partial charge in [-0.25, -0.2) is 4.98 Å². The molecule has 2 rings (SSSR count). The highest BCUT2D eigenvalue weighted by molar-refractivity contribution is 7.12. The summed E-state index contributed by atoms with van der Waals surface area (Å²) in [5.41, 5.74) is 8.13. The molecule has 0 atom stereocenters. The standard InChI is InChI=1S/C15H20N2S/c1-4-12-13(11-8-6-5-7-9-11)17-14(18-12)15(2,3)10-16/h5-9H,4,10,16H2,1-3H3. The highest BCUT2D eigenvalue weighted by Gasteiger charge is 2.24. The molecule has 0 aliphatic carbocycles. The van der Waals surface area contributed by atoms with Gasteiger partial charge in [0.1, 0.15) is 5.01 Å². The lowest BCUT2D eigenvalue weighted by atomic mass is 9.95. The third-order valence-corrected chi connectivity index (χ3v) is 4.72. The maximum atomic E-state index is 5.84. The molecule has 0 saturated heterocycles. The monoisotopic (exact) mass is 260 g/mol. The zero-order chi connectivity index (χ0) is 13.2. The fourth-order valence-corrected chi connectivity index (χ4v) is 2.92. The van der Waals surface area contributed by atoms with E-state index in [1.807, 2.05) is 6.07 Å². The first kappa shape index (κ1) is 13.2. The lowest BCUT2D eigenvalue weighted by Gasteiger charge is -2.18. The predicted molar refractivity (Wildman–Crippen MR) is 79.0 cm³/mol. The van der Waals surface area contributed by atoms with E-state index in [4.69, 9.17) is 10.7 Å². The van der Waals surface area contributed by atoms with Gasteiger partial charge in [-0.3, -0.25) is 0 Å². The van der Waals surface area contributed by atoms with Crippen molar-refractivity contribution in [2.24, 2.45) is 5.73 Å². The van der Waals surface area contributed by atoms with Gasteiger partial charge in [-0.1, -0.05) is 51.1 Å². The van der Waals surface area contributed by atoms with Gasteiger partial charge >= 0.3 is 0 Å². The van der Waals surface area contributed by atoms with Crippen molar-refractivity contribution in [2.75, 3.05) is 6.54 Å². The van der Waals surface area contributed by atoms with Crippen molar-refractivity contribution < 1.29 is 0 Å². The van der Waals surface area contributed by atoms with E-state index in [2.05, 4.69) is 45.0 Å². The Morgan fingerprint density at radius 2 is 1.89 bits per heavy atom. The van der Waals surface area contributed by atoms with Crippen molar-refractivity contribution >= 4 is 11.3 Å². The van der Waals surface area contributed by atoms with Crippen molar-refractivity contribution in [1.29, 1.82) is 0 Å². The number of rotatable bonds is 4. The molecule has 96 valence electrons. The SMILES string of the molecule is CCc1sc(C(C)(C)CN)nc1-c1ccccc1. The van der Waals surface area contributed by atoms with E-state index < -0.39 is 0 Å². The third-order valence-electron chi connectivity index (χ3n) is 3.15. The Morgan fingerprint density at radius 3 is 2.44 bits per heavy atom. The molecule has 1 aromatic heterocycles. The first-order chi connectivity index (χ1) is 8.58. The summed E-state index contributed by atoms with van der Waals surface area (Å²) in [6, 6.07) is 10.4. The van der Waals surface area contributed by atoms with Crippen LogP contribution in [0.25, 0.3) is 11.3 Å². The van der Waals surface area contributed by atoms with Gasteiger partial charge in [0.25, 0.3) is 0 Å². The molecule has 1 heterocycles. The topological polar surface area (TPSA) is 38.9 Å². The van der Waals surface area contributed by atoms with Crippen LogP contribution in [0.15, 0.2) is 30.3 Å². The van der Waals surface area contributed by atoms with Crippen LogP contribution in [0.3, 0.4) is 0 Å². The van der Waals surface area contributed by atoms with E-state index in [-0.39, 0.29) is 5.41 Å². The zero-order valence-corrected chi connectivity index (χ0v) is 12.1. The number of benzene rings is 1. The Balaban J connectivity index is 2.49. The fourth-order valence-electron chi connectivity index (χ4n) is 1.79. The van der Waals surface area contributed by atoms with Gasteiger partial charge in [-0.15, -0.1) is 11.3 Å². The molecule has 3 heteroatoms. The highest BCUT2D eigenvalue weighted by atomic mass is 32.1. The van der Waals surface area contributed by atoms with E-state index in [0.29, 0.717) is 6.54 Å². The van der Waals surface area contributed by atoms with Gasteiger partial charge < -0.3 is 5.73 Å². The van der Waals surface area contributed by atoms with Crippen LogP contribution in [0.1, 0.15) is 30.7 Å². The minimum atomic E-state index is -0.0401. The van der Waals surface area contributed by atoms with Crippen molar-refractivity contribution in [1.82, 2.24) is 4.98 Å². The Kier molecular flexibility index (Phi) is 3.83. The van der Waals surface area contributed by atoms with E-state index in [0.717, 1.165) is 17.1 Å². The molecule has 0 aliphatic rings. The molecular weight excluding hydrogens is 240 g/mol. The quantitative estimate of drug-likeness (QED) is 0.912. The van der Waals surface area contributed by atoms with Crippen LogP contribution in [-0.2, 0) is 11.8 Å². The number of hydrogen-bond acceptors (Lipinski definition) is 3. The smallest absolute Gasteiger partial charge is 0.100 e. The number of thiazole rings is 1. The lowest BCUT2D eigenvalue weighted by molar-refractivity contribution is 0.536. The van der Waals surface area contributed by atoms with Crippen LogP contribution < -0.4 is 5.73 Å². The second-order valence-electron chi connectivity index (χ2n) is 5.10. The maximum Gasteiger partial charge on any atom is 0.100 e. The summed E-state index contributed by atoms with van der Waals surface area (Å²) in [5, 5.41) is 1.14. The Labute approximate surface area is 113 Å². The molecule has 0 aliphatic heterocycles. The van der Waals surface area contributed by atoms with E-state index >= 15 is 0 Å². The number of aromatic nitrogens is 1. The maximum absolute atomic E-state index is 5.84. The summed E-state index contributed by atoms with van der Waals surface area (Å²) >= 11 is 1.79. The average Bonchev–Trinajstić information content (AvgIpc) is 2.84. The van der Waals surface area contributed by atoms with Crippen LogP contribution in [0.2, 0.25) is 0 Å². The Bertz CT molecular complexity index is 515. The van der Waals surface area contributed by atoms with Crippen molar-refractivity contribution in [3.05, 3.63) is 40.2 Å². The van der Waals surface area contributed by atoms with Crippen LogP contribution in [0, 0.1) is 0 Å². The molecule has 0 fully saturated rings. The normalized spacial score (nSPS) is 11.8. The number of aryl methyl sites for hydroxylation is 1. The van der Waals surface area contributed by atoms with Crippen molar-refractivity contribution in [3.8, 4) is 11.3 Å². The minimum absolute atomic E-state index is 0.0401. The average molecular weight is 260 g/mol. The molecule has 0 unspecified atom stereocenters. The first-order valence-electron chi connectivity index (χ1n) is 6.34. The Hall–Kier alpha value is -1.19. The number of nitrogens with zero attached hydrogens (tertiary/aromatic N) is 1. The van der Waals surface area contributed by atoms with Gasteiger partial charge in [0.2, 0.25) is 0 Å². The largest absolute Gasteiger partial charge is 0.330 e. The van der Waals surface area contributed by atoms with Gasteiger partial charge in [-0.2, -0.15) is 0 Å². The minimum Gasteiger partial charge on any atom is -0.330 e. The Morgan fingerprint density at radius 1 is 1.22 bits per heavy atom. The molecule has 2 nitrogen and oxygen atoms in total. The zero-order valence-electron chi connectivity index (χ0n) is 11.2. The molecule has 0 bridgehead atoms. The van der Waals surface area contributed by atoms with Crippen molar-refractivity contribution in [3.63, 3.8) is 0 Å². The van der Waals surface area contributed by atoms with Gasteiger partial charge in [0, 0.05) is 22.4 Å². The number of nitrogens with two attached hydrogens (primary N) is 1. The van der Waals surface area contributed by atoms with Crippen LogP contribution in [0.5, 0.6) is 0 Å². The summed E-state index contributed by atoms with van der Waals surface area (Å²) in [4.78, 5) is 6.18.